The van der Waals surface area contributed by atoms with Gasteiger partial charge in [0.05, 0.1) is 5.56 Å². The average molecular weight is 323 g/mol. The quantitative estimate of drug-likeness (QED) is 0.861. The van der Waals surface area contributed by atoms with Crippen LogP contribution < -0.4 is 10.6 Å². The van der Waals surface area contributed by atoms with Crippen molar-refractivity contribution in [3.05, 3.63) is 58.3 Å². The van der Waals surface area contributed by atoms with E-state index in [0.717, 1.165) is 0 Å². The number of hydrogen-bond acceptors (Lipinski definition) is 2. The highest BCUT2D eigenvalue weighted by molar-refractivity contribution is 9.10. The van der Waals surface area contributed by atoms with Crippen molar-refractivity contribution in [2.45, 2.75) is 0 Å². The zero-order valence-corrected chi connectivity index (χ0v) is 11.8. The Labute approximate surface area is 119 Å². The third-order valence-corrected chi connectivity index (χ3v) is 3.40. The van der Waals surface area contributed by atoms with Gasteiger partial charge in [-0.15, -0.1) is 0 Å². The summed E-state index contributed by atoms with van der Waals surface area (Å²) in [5.74, 6) is -0.995. The lowest BCUT2D eigenvalue weighted by atomic mass is 10.1. The van der Waals surface area contributed by atoms with Crippen LogP contribution in [0.3, 0.4) is 0 Å². The molecule has 0 aliphatic rings. The van der Waals surface area contributed by atoms with E-state index in [-0.39, 0.29) is 5.56 Å². The number of nitrogens with zero attached hydrogens (tertiary/aromatic N) is 1. The van der Waals surface area contributed by atoms with Gasteiger partial charge in [-0.3, -0.25) is 4.79 Å². The monoisotopic (exact) mass is 322 g/mol. The van der Waals surface area contributed by atoms with Gasteiger partial charge < -0.3 is 10.6 Å². The van der Waals surface area contributed by atoms with Crippen molar-refractivity contribution in [2.75, 3.05) is 17.7 Å². The summed E-state index contributed by atoms with van der Waals surface area (Å²) in [6.07, 6.45) is 0. The minimum atomic E-state index is -0.560. The molecule has 0 aromatic heterocycles. The van der Waals surface area contributed by atoms with Crippen molar-refractivity contribution in [1.82, 2.24) is 0 Å². The maximum atomic E-state index is 13.8. The Morgan fingerprint density at radius 1 is 1.26 bits per heavy atom. The number of carbonyl (C=O) groups is 1. The summed E-state index contributed by atoms with van der Waals surface area (Å²) in [6, 6.07) is 11.3. The van der Waals surface area contributed by atoms with Crippen LogP contribution in [0.2, 0.25) is 0 Å². The molecule has 0 spiro atoms. The molecule has 19 heavy (non-hydrogen) atoms. The largest absolute Gasteiger partial charge is 0.399 e. The van der Waals surface area contributed by atoms with Crippen molar-refractivity contribution >= 4 is 33.2 Å². The summed E-state index contributed by atoms with van der Waals surface area (Å²) in [5.41, 5.74) is 6.84. The molecule has 3 nitrogen and oxygen atoms in total. The fraction of sp³-hybridized carbons (Fsp3) is 0.0714. The van der Waals surface area contributed by atoms with E-state index in [1.54, 1.807) is 37.4 Å². The van der Waals surface area contributed by atoms with E-state index in [0.29, 0.717) is 15.8 Å². The van der Waals surface area contributed by atoms with Gasteiger partial charge in [0.2, 0.25) is 0 Å². The van der Waals surface area contributed by atoms with Crippen LogP contribution in [-0.4, -0.2) is 13.0 Å². The number of anilines is 2. The maximum Gasteiger partial charge on any atom is 0.262 e. The fourth-order valence-electron chi connectivity index (χ4n) is 1.72. The first kappa shape index (κ1) is 13.5. The number of nitrogens with two attached hydrogens (primary N) is 1. The van der Waals surface area contributed by atoms with Crippen molar-refractivity contribution in [2.24, 2.45) is 0 Å². The lowest BCUT2D eigenvalue weighted by Gasteiger charge is -2.18. The zero-order valence-electron chi connectivity index (χ0n) is 10.2. The Morgan fingerprint density at radius 3 is 2.58 bits per heavy atom. The van der Waals surface area contributed by atoms with Crippen LogP contribution in [0.15, 0.2) is 46.9 Å². The van der Waals surface area contributed by atoms with Crippen LogP contribution in [0.4, 0.5) is 15.8 Å². The van der Waals surface area contributed by atoms with E-state index in [2.05, 4.69) is 15.9 Å². The molecule has 2 N–H and O–H groups in total. The van der Waals surface area contributed by atoms with E-state index in [9.17, 15) is 9.18 Å². The smallest absolute Gasteiger partial charge is 0.262 e. The SMILES string of the molecule is CN(C(=O)c1c(F)cccc1Br)c1cccc(N)c1. The Bertz CT molecular complexity index is 610. The first-order valence-corrected chi connectivity index (χ1v) is 6.37. The third-order valence-electron chi connectivity index (χ3n) is 2.74. The van der Waals surface area contributed by atoms with Gasteiger partial charge in [-0.1, -0.05) is 12.1 Å². The molecule has 2 aromatic rings. The number of nitrogen functional groups attached to an aromatic ring is 1. The molecule has 0 aliphatic heterocycles. The molecule has 5 heteroatoms. The van der Waals surface area contributed by atoms with Crippen LogP contribution in [0, 0.1) is 5.82 Å². The lowest BCUT2D eigenvalue weighted by molar-refractivity contribution is 0.0988. The highest BCUT2D eigenvalue weighted by atomic mass is 79.9. The van der Waals surface area contributed by atoms with Gasteiger partial charge in [-0.25, -0.2) is 4.39 Å². The lowest BCUT2D eigenvalue weighted by Crippen LogP contribution is -2.27. The van der Waals surface area contributed by atoms with E-state index in [4.69, 9.17) is 5.73 Å². The minimum absolute atomic E-state index is 0.00687. The van der Waals surface area contributed by atoms with Crippen LogP contribution in [-0.2, 0) is 0 Å². The Morgan fingerprint density at radius 2 is 1.95 bits per heavy atom. The highest BCUT2D eigenvalue weighted by Gasteiger charge is 2.20. The van der Waals surface area contributed by atoms with Gasteiger partial charge in [-0.2, -0.15) is 0 Å². The average Bonchev–Trinajstić information content (AvgIpc) is 2.37. The van der Waals surface area contributed by atoms with Gasteiger partial charge in [0, 0.05) is 22.9 Å². The zero-order chi connectivity index (χ0) is 14.0. The molecular weight excluding hydrogens is 311 g/mol. The van der Waals surface area contributed by atoms with Gasteiger partial charge in [0.1, 0.15) is 5.82 Å². The Kier molecular flexibility index (Phi) is 3.85. The molecule has 1 amide bonds. The molecule has 0 unspecified atom stereocenters. The number of rotatable bonds is 2. The number of hydrogen-bond donors (Lipinski definition) is 1. The van der Waals surface area contributed by atoms with Crippen molar-refractivity contribution in [1.29, 1.82) is 0 Å². The highest BCUT2D eigenvalue weighted by Crippen LogP contribution is 2.24. The molecule has 0 bridgehead atoms. The second kappa shape index (κ2) is 5.40. The molecule has 0 fully saturated rings. The number of benzene rings is 2. The maximum absolute atomic E-state index is 13.8. The first-order chi connectivity index (χ1) is 9.00. The van der Waals surface area contributed by atoms with Gasteiger partial charge in [0.25, 0.3) is 5.91 Å². The van der Waals surface area contributed by atoms with Crippen molar-refractivity contribution in [3.8, 4) is 0 Å². The van der Waals surface area contributed by atoms with Gasteiger partial charge in [-0.05, 0) is 46.3 Å². The van der Waals surface area contributed by atoms with Crippen LogP contribution in [0.5, 0.6) is 0 Å². The predicted molar refractivity (Wildman–Crippen MR) is 77.7 cm³/mol. The molecule has 98 valence electrons. The molecular formula is C14H12BrFN2O. The third kappa shape index (κ3) is 2.76. The van der Waals surface area contributed by atoms with Crippen molar-refractivity contribution < 1.29 is 9.18 Å². The summed E-state index contributed by atoms with van der Waals surface area (Å²) in [4.78, 5) is 13.7. The summed E-state index contributed by atoms with van der Waals surface area (Å²) >= 11 is 3.19. The van der Waals surface area contributed by atoms with E-state index in [1.165, 1.54) is 17.0 Å². The number of amides is 1. The molecule has 0 atom stereocenters. The van der Waals surface area contributed by atoms with E-state index < -0.39 is 11.7 Å². The summed E-state index contributed by atoms with van der Waals surface area (Å²) in [6.45, 7) is 0. The van der Waals surface area contributed by atoms with Crippen molar-refractivity contribution in [3.63, 3.8) is 0 Å². The second-order valence-corrected chi connectivity index (χ2v) is 4.91. The molecule has 2 rings (SSSR count). The van der Waals surface area contributed by atoms with E-state index >= 15 is 0 Å². The van der Waals surface area contributed by atoms with Gasteiger partial charge >= 0.3 is 0 Å². The second-order valence-electron chi connectivity index (χ2n) is 4.06. The molecule has 0 saturated heterocycles. The van der Waals surface area contributed by atoms with E-state index in [1.807, 2.05) is 0 Å². The molecule has 0 saturated carbocycles. The number of carbonyl (C=O) groups excluding carboxylic acids is 1. The summed E-state index contributed by atoms with van der Waals surface area (Å²) < 4.78 is 14.2. The summed E-state index contributed by atoms with van der Waals surface area (Å²) in [7, 11) is 1.58. The van der Waals surface area contributed by atoms with Crippen LogP contribution in [0.25, 0.3) is 0 Å². The Hall–Kier alpha value is -1.88. The standard InChI is InChI=1S/C14H12BrFN2O/c1-18(10-5-2-4-9(17)8-10)14(19)13-11(15)6-3-7-12(13)16/h2-8H,17H2,1H3. The molecule has 0 aliphatic carbocycles. The molecule has 0 heterocycles. The summed E-state index contributed by atoms with van der Waals surface area (Å²) in [5, 5.41) is 0. The Balaban J connectivity index is 2.39. The normalized spacial score (nSPS) is 10.3. The molecule has 0 radical (unpaired) electrons. The number of halogens is 2. The van der Waals surface area contributed by atoms with Gasteiger partial charge in [0.15, 0.2) is 0 Å². The van der Waals surface area contributed by atoms with Crippen LogP contribution in [0.1, 0.15) is 10.4 Å². The minimum Gasteiger partial charge on any atom is -0.399 e. The first-order valence-electron chi connectivity index (χ1n) is 5.58. The predicted octanol–water partition coefficient (Wildman–Crippen LogP) is 3.45. The molecule has 2 aromatic carbocycles. The van der Waals surface area contributed by atoms with Crippen LogP contribution >= 0.6 is 15.9 Å². The topological polar surface area (TPSA) is 46.3 Å². The fourth-order valence-corrected chi connectivity index (χ4v) is 2.23.